The molecule has 0 spiro atoms. The van der Waals surface area contributed by atoms with Gasteiger partial charge in [-0.15, -0.1) is 0 Å². The third-order valence-corrected chi connectivity index (χ3v) is 5.86. The molecule has 2 aromatic rings. The largest absolute Gasteiger partial charge is 0.348 e. The highest BCUT2D eigenvalue weighted by molar-refractivity contribution is 6.45. The second-order valence-corrected chi connectivity index (χ2v) is 8.48. The fourth-order valence-corrected chi connectivity index (χ4v) is 3.93. The zero-order valence-corrected chi connectivity index (χ0v) is 18.7. The zero-order chi connectivity index (χ0) is 22.9. The van der Waals surface area contributed by atoms with Crippen LogP contribution in [-0.2, 0) is 16.1 Å². The highest BCUT2D eigenvalue weighted by Crippen LogP contribution is 2.27. The van der Waals surface area contributed by atoms with Gasteiger partial charge in [-0.3, -0.25) is 14.4 Å². The van der Waals surface area contributed by atoms with Gasteiger partial charge in [0.15, 0.2) is 5.78 Å². The van der Waals surface area contributed by atoms with E-state index < -0.39 is 30.4 Å². The number of carbonyl (C=O) groups excluding carboxylic acids is 4. The number of amides is 4. The molecule has 4 amide bonds. The third kappa shape index (κ3) is 4.31. The Hall–Kier alpha value is -3.22. The minimum atomic E-state index is -0.963. The predicted molar refractivity (Wildman–Crippen MR) is 117 cm³/mol. The van der Waals surface area contributed by atoms with Crippen molar-refractivity contribution in [3.05, 3.63) is 58.9 Å². The van der Waals surface area contributed by atoms with Gasteiger partial charge in [0, 0.05) is 23.5 Å². The third-order valence-electron chi connectivity index (χ3n) is 5.86. The summed E-state index contributed by atoms with van der Waals surface area (Å²) >= 11 is 0. The summed E-state index contributed by atoms with van der Waals surface area (Å²) in [6, 6.07) is 9.43. The van der Waals surface area contributed by atoms with E-state index in [1.807, 2.05) is 19.9 Å². The van der Waals surface area contributed by atoms with Gasteiger partial charge in [-0.25, -0.2) is 14.6 Å². The molecule has 1 aliphatic rings. The van der Waals surface area contributed by atoms with Crippen LogP contribution in [0.4, 0.5) is 4.79 Å². The Labute approximate surface area is 182 Å². The first-order valence-corrected chi connectivity index (χ1v) is 10.6. The molecule has 1 saturated heterocycles. The maximum Gasteiger partial charge on any atom is 0.335 e. The number of benzene rings is 1. The maximum atomic E-state index is 13.0. The summed E-state index contributed by atoms with van der Waals surface area (Å²) < 4.78 is 2.08. The van der Waals surface area contributed by atoms with E-state index in [0.717, 1.165) is 39.7 Å². The van der Waals surface area contributed by atoms with E-state index in [1.165, 1.54) is 0 Å². The lowest BCUT2D eigenvalue weighted by Crippen LogP contribution is -2.38. The van der Waals surface area contributed by atoms with E-state index in [1.54, 1.807) is 37.3 Å². The molecule has 7 nitrogen and oxygen atoms in total. The average molecular weight is 424 g/mol. The summed E-state index contributed by atoms with van der Waals surface area (Å²) in [5, 5.41) is 0. The Bertz CT molecular complexity index is 1020. The van der Waals surface area contributed by atoms with Gasteiger partial charge in [-0.1, -0.05) is 44.2 Å². The molecule has 2 heterocycles. The molecule has 1 fully saturated rings. The van der Waals surface area contributed by atoms with Crippen LogP contribution in [0.1, 0.15) is 60.5 Å². The number of rotatable bonds is 8. The Morgan fingerprint density at radius 1 is 0.968 bits per heavy atom. The fourth-order valence-electron chi connectivity index (χ4n) is 3.93. The van der Waals surface area contributed by atoms with Gasteiger partial charge in [0.1, 0.15) is 0 Å². The van der Waals surface area contributed by atoms with Crippen LogP contribution in [0.2, 0.25) is 0 Å². The summed E-state index contributed by atoms with van der Waals surface area (Å²) in [7, 11) is 0. The number of Topliss-reactive ketones (excluding diaryl/α,β-unsaturated/α-hetero) is 1. The molecule has 0 radical (unpaired) electrons. The molecule has 164 valence electrons. The molecule has 0 saturated carbocycles. The van der Waals surface area contributed by atoms with E-state index in [4.69, 9.17) is 0 Å². The summed E-state index contributed by atoms with van der Waals surface area (Å²) in [5.41, 5.74) is 2.97. The number of aromatic nitrogens is 1. The number of nitrogens with zero attached hydrogens (tertiary/aromatic N) is 3. The van der Waals surface area contributed by atoms with E-state index in [0.29, 0.717) is 11.5 Å². The standard InChI is InChI=1S/C24H29N3O4/c1-15(2)11-12-25-16(3)13-20(18(25)5)21(28)14-26-22(29)23(30)27(24(26)31)17(4)19-9-7-6-8-10-19/h6-10,13,15,17H,11-12,14H2,1-5H3. The average Bonchev–Trinajstić information content (AvgIpc) is 3.13. The van der Waals surface area contributed by atoms with Crippen molar-refractivity contribution in [1.29, 1.82) is 0 Å². The molecule has 1 aromatic heterocycles. The number of imide groups is 2. The van der Waals surface area contributed by atoms with Gasteiger partial charge in [0.25, 0.3) is 0 Å². The van der Waals surface area contributed by atoms with E-state index in [-0.39, 0.29) is 5.78 Å². The minimum Gasteiger partial charge on any atom is -0.348 e. The van der Waals surface area contributed by atoms with Gasteiger partial charge in [-0.2, -0.15) is 0 Å². The first-order chi connectivity index (χ1) is 14.6. The Kier molecular flexibility index (Phi) is 6.43. The van der Waals surface area contributed by atoms with E-state index in [2.05, 4.69) is 18.4 Å². The van der Waals surface area contributed by atoms with Crippen LogP contribution in [0.3, 0.4) is 0 Å². The maximum absolute atomic E-state index is 13.0. The molecule has 0 N–H and O–H groups in total. The van der Waals surface area contributed by atoms with Crippen molar-refractivity contribution < 1.29 is 19.2 Å². The second kappa shape index (κ2) is 8.88. The molecular formula is C24H29N3O4. The predicted octanol–water partition coefficient (Wildman–Crippen LogP) is 3.89. The second-order valence-electron chi connectivity index (χ2n) is 8.48. The fraction of sp³-hybridized carbons (Fsp3) is 0.417. The van der Waals surface area contributed by atoms with Crippen LogP contribution in [0.5, 0.6) is 0 Å². The van der Waals surface area contributed by atoms with Crippen molar-refractivity contribution in [3.63, 3.8) is 0 Å². The summed E-state index contributed by atoms with van der Waals surface area (Å²) in [6.45, 7) is 10.1. The first kappa shape index (κ1) is 22.5. The summed E-state index contributed by atoms with van der Waals surface area (Å²) in [4.78, 5) is 52.6. The monoisotopic (exact) mass is 423 g/mol. The molecule has 1 aliphatic heterocycles. The van der Waals surface area contributed by atoms with Gasteiger partial charge < -0.3 is 4.57 Å². The highest BCUT2D eigenvalue weighted by Gasteiger charge is 2.47. The highest BCUT2D eigenvalue weighted by atomic mass is 16.2. The molecule has 1 aromatic carbocycles. The molecule has 31 heavy (non-hydrogen) atoms. The lowest BCUT2D eigenvalue weighted by Gasteiger charge is -2.22. The molecular weight excluding hydrogens is 394 g/mol. The van der Waals surface area contributed by atoms with Crippen LogP contribution < -0.4 is 0 Å². The van der Waals surface area contributed by atoms with Crippen molar-refractivity contribution >= 4 is 23.6 Å². The van der Waals surface area contributed by atoms with Crippen LogP contribution in [0.25, 0.3) is 0 Å². The quantitative estimate of drug-likeness (QED) is 0.367. The van der Waals surface area contributed by atoms with Gasteiger partial charge in [0.05, 0.1) is 12.6 Å². The number of urea groups is 1. The Morgan fingerprint density at radius 2 is 1.61 bits per heavy atom. The van der Waals surface area contributed by atoms with Gasteiger partial charge >= 0.3 is 17.8 Å². The zero-order valence-electron chi connectivity index (χ0n) is 18.7. The van der Waals surface area contributed by atoms with E-state index in [9.17, 15) is 19.2 Å². The normalized spacial score (nSPS) is 15.4. The van der Waals surface area contributed by atoms with Crippen LogP contribution >= 0.6 is 0 Å². The van der Waals surface area contributed by atoms with Crippen molar-refractivity contribution in [2.24, 2.45) is 5.92 Å². The van der Waals surface area contributed by atoms with Gasteiger partial charge in [-0.05, 0) is 44.7 Å². The van der Waals surface area contributed by atoms with Crippen LogP contribution in [-0.4, -0.2) is 44.5 Å². The number of ketones is 1. The first-order valence-electron chi connectivity index (χ1n) is 10.6. The number of carbonyl (C=O) groups is 4. The lowest BCUT2D eigenvalue weighted by molar-refractivity contribution is -0.143. The molecule has 1 unspecified atom stereocenters. The van der Waals surface area contributed by atoms with Crippen LogP contribution in [0, 0.1) is 19.8 Å². The molecule has 0 aliphatic carbocycles. The van der Waals surface area contributed by atoms with E-state index >= 15 is 0 Å². The van der Waals surface area contributed by atoms with Crippen molar-refractivity contribution in [2.45, 2.75) is 53.6 Å². The minimum absolute atomic E-state index is 0.354. The van der Waals surface area contributed by atoms with Crippen LogP contribution in [0.15, 0.2) is 36.4 Å². The topological polar surface area (TPSA) is 79.7 Å². The molecule has 0 bridgehead atoms. The Morgan fingerprint density at radius 3 is 2.23 bits per heavy atom. The Balaban J connectivity index is 1.79. The summed E-state index contributed by atoms with van der Waals surface area (Å²) in [6.07, 6.45) is 0.980. The van der Waals surface area contributed by atoms with Crippen molar-refractivity contribution in [2.75, 3.05) is 6.54 Å². The van der Waals surface area contributed by atoms with Gasteiger partial charge in [0.2, 0.25) is 0 Å². The summed E-state index contributed by atoms with van der Waals surface area (Å²) in [5.74, 6) is -1.69. The van der Waals surface area contributed by atoms with Crippen molar-refractivity contribution in [3.8, 4) is 0 Å². The molecule has 1 atom stereocenters. The molecule has 3 rings (SSSR count). The number of hydrogen-bond acceptors (Lipinski definition) is 4. The smallest absolute Gasteiger partial charge is 0.335 e. The molecule has 7 heteroatoms. The van der Waals surface area contributed by atoms with Crippen molar-refractivity contribution in [1.82, 2.24) is 14.4 Å². The number of aryl methyl sites for hydroxylation is 1. The number of hydrogen-bond donors (Lipinski definition) is 0. The SMILES string of the molecule is Cc1cc(C(=O)CN2C(=O)C(=O)N(C(C)c3ccccc3)C2=O)c(C)n1CCC(C)C. The lowest BCUT2D eigenvalue weighted by atomic mass is 10.1.